The van der Waals surface area contributed by atoms with E-state index in [1.54, 1.807) is 13.8 Å². The van der Waals surface area contributed by atoms with E-state index in [1.165, 1.54) is 19.1 Å². The number of nitrogens with zero attached hydrogens (tertiary/aromatic N) is 1. The van der Waals surface area contributed by atoms with Crippen LogP contribution in [0.3, 0.4) is 0 Å². The van der Waals surface area contributed by atoms with Gasteiger partial charge in [0.2, 0.25) is 5.76 Å². The van der Waals surface area contributed by atoms with Crippen LogP contribution in [0.5, 0.6) is 0 Å². The number of carbonyl (C=O) groups is 2. The van der Waals surface area contributed by atoms with Gasteiger partial charge in [-0.2, -0.15) is 0 Å². The lowest BCUT2D eigenvalue weighted by atomic mass is 10.0. The number of benzene rings is 1. The largest absolute Gasteiger partial charge is 0.479 e. The molecule has 2 aromatic rings. The molecule has 1 amide bonds. The van der Waals surface area contributed by atoms with Crippen molar-refractivity contribution in [3.8, 4) is 0 Å². The van der Waals surface area contributed by atoms with Crippen molar-refractivity contribution in [2.45, 2.75) is 26.8 Å². The van der Waals surface area contributed by atoms with E-state index in [1.807, 2.05) is 0 Å². The zero-order chi connectivity index (χ0) is 16.4. The molecule has 0 fully saturated rings. The molecular formula is C15H15FN2O4. The first-order chi connectivity index (χ1) is 10.3. The number of carboxylic acid groups (broad SMARTS) is 1. The van der Waals surface area contributed by atoms with Crippen molar-refractivity contribution in [2.75, 3.05) is 0 Å². The van der Waals surface area contributed by atoms with E-state index >= 15 is 0 Å². The number of hydrogen-bond donors (Lipinski definition) is 2. The highest BCUT2D eigenvalue weighted by molar-refractivity contribution is 5.95. The van der Waals surface area contributed by atoms with Crippen LogP contribution in [0.2, 0.25) is 0 Å². The van der Waals surface area contributed by atoms with E-state index in [-0.39, 0.29) is 11.3 Å². The average molecular weight is 306 g/mol. The SMILES string of the molecule is Cc1nc(C)c(C(=O)NC(C(=O)O)c2ccc(F)c(C)c2)o1. The summed E-state index contributed by atoms with van der Waals surface area (Å²) >= 11 is 0. The molecular weight excluding hydrogens is 291 g/mol. The van der Waals surface area contributed by atoms with Gasteiger partial charge in [-0.15, -0.1) is 0 Å². The molecule has 0 saturated carbocycles. The Bertz CT molecular complexity index is 739. The summed E-state index contributed by atoms with van der Waals surface area (Å²) in [5.74, 6) is -2.11. The minimum atomic E-state index is -1.31. The Balaban J connectivity index is 2.29. The topological polar surface area (TPSA) is 92.4 Å². The molecule has 6 nitrogen and oxygen atoms in total. The van der Waals surface area contributed by atoms with Crippen LogP contribution >= 0.6 is 0 Å². The number of carbonyl (C=O) groups excluding carboxylic acids is 1. The smallest absolute Gasteiger partial charge is 0.330 e. The second-order valence-electron chi connectivity index (χ2n) is 4.90. The minimum Gasteiger partial charge on any atom is -0.479 e. The molecule has 2 rings (SSSR count). The Morgan fingerprint density at radius 1 is 1.32 bits per heavy atom. The lowest BCUT2D eigenvalue weighted by molar-refractivity contribution is -0.139. The highest BCUT2D eigenvalue weighted by Gasteiger charge is 2.26. The molecule has 1 atom stereocenters. The Morgan fingerprint density at radius 2 is 2.00 bits per heavy atom. The molecule has 0 bridgehead atoms. The molecule has 7 heteroatoms. The van der Waals surface area contributed by atoms with E-state index in [9.17, 15) is 19.1 Å². The maximum Gasteiger partial charge on any atom is 0.330 e. The van der Waals surface area contributed by atoms with Gasteiger partial charge >= 0.3 is 5.97 Å². The molecule has 0 radical (unpaired) electrons. The number of hydrogen-bond acceptors (Lipinski definition) is 4. The van der Waals surface area contributed by atoms with Crippen LogP contribution in [-0.4, -0.2) is 22.0 Å². The van der Waals surface area contributed by atoms with Crippen molar-refractivity contribution in [2.24, 2.45) is 0 Å². The Labute approximate surface area is 126 Å². The van der Waals surface area contributed by atoms with Gasteiger partial charge in [0.25, 0.3) is 5.91 Å². The van der Waals surface area contributed by atoms with Crippen LogP contribution < -0.4 is 5.32 Å². The summed E-state index contributed by atoms with van der Waals surface area (Å²) in [5.41, 5.74) is 0.938. The summed E-state index contributed by atoms with van der Waals surface area (Å²) in [6.07, 6.45) is 0. The van der Waals surface area contributed by atoms with Crippen molar-refractivity contribution in [1.82, 2.24) is 10.3 Å². The highest BCUT2D eigenvalue weighted by Crippen LogP contribution is 2.19. The molecule has 0 aliphatic heterocycles. The predicted octanol–water partition coefficient (Wildman–Crippen LogP) is 2.29. The number of aromatic nitrogens is 1. The molecule has 1 unspecified atom stereocenters. The number of aliphatic carboxylic acids is 1. The third-order valence-electron chi connectivity index (χ3n) is 3.15. The van der Waals surface area contributed by atoms with E-state index < -0.39 is 23.7 Å². The third kappa shape index (κ3) is 3.13. The van der Waals surface area contributed by atoms with E-state index in [2.05, 4.69) is 10.3 Å². The van der Waals surface area contributed by atoms with Crippen LogP contribution in [0.25, 0.3) is 0 Å². The number of amides is 1. The van der Waals surface area contributed by atoms with Gasteiger partial charge in [0, 0.05) is 6.92 Å². The maximum absolute atomic E-state index is 13.3. The molecule has 1 aromatic heterocycles. The van der Waals surface area contributed by atoms with Crippen molar-refractivity contribution < 1.29 is 23.5 Å². The third-order valence-corrected chi connectivity index (χ3v) is 3.15. The monoisotopic (exact) mass is 306 g/mol. The number of nitrogens with one attached hydrogen (secondary N) is 1. The van der Waals surface area contributed by atoms with E-state index in [4.69, 9.17) is 4.42 Å². The molecule has 1 heterocycles. The van der Waals surface area contributed by atoms with Crippen molar-refractivity contribution in [3.63, 3.8) is 0 Å². The Morgan fingerprint density at radius 3 is 2.50 bits per heavy atom. The summed E-state index contributed by atoms with van der Waals surface area (Å²) in [5, 5.41) is 11.7. The highest BCUT2D eigenvalue weighted by atomic mass is 19.1. The number of halogens is 1. The minimum absolute atomic E-state index is 0.0393. The fourth-order valence-corrected chi connectivity index (χ4v) is 2.07. The van der Waals surface area contributed by atoms with Crippen LogP contribution in [0, 0.1) is 26.6 Å². The standard InChI is InChI=1S/C15H15FN2O4/c1-7-6-10(4-5-11(7)16)12(15(20)21)18-14(19)13-8(2)17-9(3)22-13/h4-6,12H,1-3H3,(H,18,19)(H,20,21). The van der Waals surface area contributed by atoms with Gasteiger partial charge < -0.3 is 14.8 Å². The molecule has 22 heavy (non-hydrogen) atoms. The van der Waals surface area contributed by atoms with Gasteiger partial charge in [0.1, 0.15) is 5.82 Å². The molecule has 0 aliphatic rings. The molecule has 0 saturated heterocycles. The number of oxazole rings is 1. The summed E-state index contributed by atoms with van der Waals surface area (Å²) in [6.45, 7) is 4.69. The molecule has 0 spiro atoms. The maximum atomic E-state index is 13.3. The Kier molecular flexibility index (Phi) is 4.25. The van der Waals surface area contributed by atoms with Crippen LogP contribution in [0.15, 0.2) is 22.6 Å². The summed E-state index contributed by atoms with van der Waals surface area (Å²) in [4.78, 5) is 27.5. The zero-order valence-corrected chi connectivity index (χ0v) is 12.3. The molecule has 2 N–H and O–H groups in total. The fourth-order valence-electron chi connectivity index (χ4n) is 2.07. The van der Waals surface area contributed by atoms with Gasteiger partial charge in [-0.05, 0) is 31.0 Å². The first-order valence-electron chi connectivity index (χ1n) is 6.53. The van der Waals surface area contributed by atoms with Crippen LogP contribution in [-0.2, 0) is 4.79 Å². The van der Waals surface area contributed by atoms with Gasteiger partial charge in [-0.25, -0.2) is 14.2 Å². The van der Waals surface area contributed by atoms with Crippen LogP contribution in [0.1, 0.15) is 39.3 Å². The predicted molar refractivity (Wildman–Crippen MR) is 75.0 cm³/mol. The van der Waals surface area contributed by atoms with Gasteiger partial charge in [-0.1, -0.05) is 12.1 Å². The molecule has 0 aliphatic carbocycles. The number of aryl methyl sites for hydroxylation is 3. The van der Waals surface area contributed by atoms with Gasteiger partial charge in [0.15, 0.2) is 11.9 Å². The fraction of sp³-hybridized carbons (Fsp3) is 0.267. The summed E-state index contributed by atoms with van der Waals surface area (Å²) < 4.78 is 18.4. The van der Waals surface area contributed by atoms with Gasteiger partial charge in [0.05, 0.1) is 5.69 Å². The summed E-state index contributed by atoms with van der Waals surface area (Å²) in [7, 11) is 0. The molecule has 1 aromatic carbocycles. The lowest BCUT2D eigenvalue weighted by Crippen LogP contribution is -2.34. The average Bonchev–Trinajstić information content (AvgIpc) is 2.78. The van der Waals surface area contributed by atoms with Crippen molar-refractivity contribution in [3.05, 3.63) is 52.5 Å². The molecule has 116 valence electrons. The van der Waals surface area contributed by atoms with Crippen molar-refractivity contribution >= 4 is 11.9 Å². The zero-order valence-electron chi connectivity index (χ0n) is 12.3. The second kappa shape index (κ2) is 5.97. The summed E-state index contributed by atoms with van der Waals surface area (Å²) in [6, 6.07) is 2.56. The first kappa shape index (κ1) is 15.7. The normalized spacial score (nSPS) is 12.0. The second-order valence-corrected chi connectivity index (χ2v) is 4.90. The van der Waals surface area contributed by atoms with Crippen LogP contribution in [0.4, 0.5) is 4.39 Å². The number of carboxylic acids is 1. The first-order valence-corrected chi connectivity index (χ1v) is 6.53. The number of rotatable bonds is 4. The van der Waals surface area contributed by atoms with Gasteiger partial charge in [-0.3, -0.25) is 4.79 Å². The van der Waals surface area contributed by atoms with E-state index in [0.717, 1.165) is 6.07 Å². The Hall–Kier alpha value is -2.70. The quantitative estimate of drug-likeness (QED) is 0.904. The van der Waals surface area contributed by atoms with Crippen molar-refractivity contribution in [1.29, 1.82) is 0 Å². The van der Waals surface area contributed by atoms with E-state index in [0.29, 0.717) is 17.1 Å². The lowest BCUT2D eigenvalue weighted by Gasteiger charge is -2.15.